The van der Waals surface area contributed by atoms with E-state index < -0.39 is 0 Å². The minimum Gasteiger partial charge on any atom is -0.497 e. The fourth-order valence-corrected chi connectivity index (χ4v) is 14.9. The molecular weight excluding hydrogens is 1380 g/mol. The standard InChI is InChI=1S/2C23H29ClN2O.2C23H30N2O2/c1-16-12-19(15-20(24)13-16)17-6-5-7-18(14-17)22(27)25-21-8-10-26(11-9-21)23(2,3)4;1-16-14-18(8-9-21(16)24)17-6-5-7-19(15-17)22(27)25-20-10-12-26(13-11-20)23(2,3)4;1-23(2,3)25-13-11-20(12-14-25)24-22(26)19-9-5-7-17(15-19)18-8-6-10-21(16-18)27-4;1-23(2,3)25-14-12-20(13-15-25)24-22(26)19-7-5-6-18(16-19)17-8-10-21(27-4)11-9-17/h5-7,12-15,21H,8-11H2,1-4H3,(H,25,27);5-9,14-15,20H,10-13H2,1-4H3,(H,25,27);5-10,15-16,20H,11-14H2,1-4H3,(H,24,26);5-11,16,20H,12-15H2,1-4H3,(H,24,26). The minimum absolute atomic E-state index is 0.00445. The van der Waals surface area contributed by atoms with Crippen LogP contribution in [0.2, 0.25) is 10.0 Å². The number of nitrogens with one attached hydrogen (secondary N) is 4. The zero-order valence-corrected chi connectivity index (χ0v) is 68.4. The highest BCUT2D eigenvalue weighted by Crippen LogP contribution is 2.32. The van der Waals surface area contributed by atoms with E-state index in [1.165, 1.54) is 0 Å². The summed E-state index contributed by atoms with van der Waals surface area (Å²) in [6, 6.07) is 59.9. The van der Waals surface area contributed by atoms with Crippen molar-refractivity contribution in [2.24, 2.45) is 0 Å². The molecule has 0 aliphatic carbocycles. The Morgan fingerprint density at radius 2 is 0.611 bits per heavy atom. The number of nitrogens with zero attached hydrogens (tertiary/aromatic N) is 4. The first kappa shape index (κ1) is 83.7. The van der Waals surface area contributed by atoms with Crippen molar-refractivity contribution >= 4 is 46.8 Å². The van der Waals surface area contributed by atoms with Gasteiger partial charge >= 0.3 is 0 Å². The third kappa shape index (κ3) is 24.6. The molecule has 8 aromatic carbocycles. The smallest absolute Gasteiger partial charge is 0.251 e. The Morgan fingerprint density at radius 1 is 0.324 bits per heavy atom. The summed E-state index contributed by atoms with van der Waals surface area (Å²) in [5.74, 6) is 1.68. The maximum atomic E-state index is 12.8. The molecule has 0 atom stereocenters. The van der Waals surface area contributed by atoms with Crippen LogP contribution in [-0.2, 0) is 0 Å². The molecule has 0 radical (unpaired) electrons. The molecule has 576 valence electrons. The molecule has 4 N–H and O–H groups in total. The van der Waals surface area contributed by atoms with E-state index in [0.717, 1.165) is 176 Å². The molecule has 0 spiro atoms. The molecular formula is C92H118Cl2N8O6. The van der Waals surface area contributed by atoms with Crippen molar-refractivity contribution in [3.05, 3.63) is 225 Å². The van der Waals surface area contributed by atoms with Crippen molar-refractivity contribution in [2.75, 3.05) is 66.6 Å². The maximum absolute atomic E-state index is 12.8. The monoisotopic (exact) mass is 1500 g/mol. The highest BCUT2D eigenvalue weighted by atomic mass is 35.5. The maximum Gasteiger partial charge on any atom is 0.251 e. The quantitative estimate of drug-likeness (QED) is 0.0829. The summed E-state index contributed by atoms with van der Waals surface area (Å²) in [5, 5.41) is 14.3. The Hall–Kier alpha value is -8.34. The van der Waals surface area contributed by atoms with Crippen LogP contribution in [0.1, 0.15) is 187 Å². The number of carbonyl (C=O) groups excluding carboxylic acids is 4. The molecule has 12 rings (SSSR count). The first-order valence-corrected chi connectivity index (χ1v) is 39.4. The van der Waals surface area contributed by atoms with E-state index in [9.17, 15) is 19.2 Å². The van der Waals surface area contributed by atoms with Crippen LogP contribution in [0.15, 0.2) is 182 Å². The van der Waals surface area contributed by atoms with Crippen LogP contribution in [0.4, 0.5) is 0 Å². The Balaban J connectivity index is 0.000000166. The summed E-state index contributed by atoms with van der Waals surface area (Å²) in [5.41, 5.74) is 14.1. The van der Waals surface area contributed by atoms with Crippen LogP contribution in [0.25, 0.3) is 44.5 Å². The largest absolute Gasteiger partial charge is 0.497 e. The average Bonchev–Trinajstić information content (AvgIpc) is 0.768. The van der Waals surface area contributed by atoms with Gasteiger partial charge in [0, 0.05) is 131 Å². The molecule has 108 heavy (non-hydrogen) atoms. The second-order valence-electron chi connectivity index (χ2n) is 33.4. The van der Waals surface area contributed by atoms with Crippen molar-refractivity contribution in [1.82, 2.24) is 40.9 Å². The lowest BCUT2D eigenvalue weighted by molar-refractivity contribution is 0.0803. The first-order valence-electron chi connectivity index (χ1n) is 38.7. The number of aryl methyl sites for hydroxylation is 2. The number of hydrogen-bond donors (Lipinski definition) is 4. The molecule has 0 bridgehead atoms. The summed E-state index contributed by atoms with van der Waals surface area (Å²) in [6.07, 6.45) is 7.99. The molecule has 14 nitrogen and oxygen atoms in total. The summed E-state index contributed by atoms with van der Waals surface area (Å²) in [6.45, 7) is 39.2. The Bertz CT molecular complexity index is 4270. The number of likely N-dealkylation sites (tertiary alicyclic amines) is 4. The number of benzene rings is 8. The number of piperidine rings is 4. The lowest BCUT2D eigenvalue weighted by Crippen LogP contribution is -2.50. The van der Waals surface area contributed by atoms with Gasteiger partial charge in [0.2, 0.25) is 0 Å². The van der Waals surface area contributed by atoms with Gasteiger partial charge in [0.1, 0.15) is 11.5 Å². The lowest BCUT2D eigenvalue weighted by Gasteiger charge is -2.41. The van der Waals surface area contributed by atoms with Crippen LogP contribution >= 0.6 is 23.2 Å². The molecule has 4 saturated heterocycles. The fourth-order valence-electron chi connectivity index (χ4n) is 14.5. The Kier molecular flexibility index (Phi) is 29.3. The van der Waals surface area contributed by atoms with Gasteiger partial charge in [0.05, 0.1) is 14.2 Å². The van der Waals surface area contributed by atoms with E-state index in [4.69, 9.17) is 32.7 Å². The predicted molar refractivity (Wildman–Crippen MR) is 447 cm³/mol. The van der Waals surface area contributed by atoms with Crippen LogP contribution in [-0.4, -0.2) is 156 Å². The van der Waals surface area contributed by atoms with E-state index in [1.54, 1.807) is 14.2 Å². The van der Waals surface area contributed by atoms with Crippen LogP contribution in [0.3, 0.4) is 0 Å². The van der Waals surface area contributed by atoms with Gasteiger partial charge in [0.15, 0.2) is 0 Å². The van der Waals surface area contributed by atoms with Gasteiger partial charge in [-0.05, 0) is 301 Å². The molecule has 0 saturated carbocycles. The second kappa shape index (κ2) is 37.9. The molecule has 4 aliphatic heterocycles. The summed E-state index contributed by atoms with van der Waals surface area (Å²) >= 11 is 12.3. The fraction of sp³-hybridized carbons (Fsp3) is 0.435. The molecule has 4 amide bonds. The first-order chi connectivity index (χ1) is 51.2. The Labute approximate surface area is 655 Å². The lowest BCUT2D eigenvalue weighted by atomic mass is 9.97. The number of ether oxygens (including phenoxy) is 2. The second-order valence-corrected chi connectivity index (χ2v) is 34.2. The highest BCUT2D eigenvalue weighted by molar-refractivity contribution is 6.31. The molecule has 0 unspecified atom stereocenters. The van der Waals surface area contributed by atoms with Crippen LogP contribution in [0, 0.1) is 13.8 Å². The summed E-state index contributed by atoms with van der Waals surface area (Å²) in [7, 11) is 3.32. The minimum atomic E-state index is 0.00445. The summed E-state index contributed by atoms with van der Waals surface area (Å²) < 4.78 is 10.5. The van der Waals surface area contributed by atoms with Crippen molar-refractivity contribution in [1.29, 1.82) is 0 Å². The molecule has 4 fully saturated rings. The average molecular weight is 1500 g/mol. The topological polar surface area (TPSA) is 148 Å². The van der Waals surface area contributed by atoms with E-state index in [-0.39, 0.29) is 70.0 Å². The van der Waals surface area contributed by atoms with E-state index in [2.05, 4.69) is 136 Å². The van der Waals surface area contributed by atoms with Gasteiger partial charge in [-0.25, -0.2) is 0 Å². The summed E-state index contributed by atoms with van der Waals surface area (Å²) in [4.78, 5) is 60.9. The van der Waals surface area contributed by atoms with Crippen LogP contribution < -0.4 is 30.7 Å². The Morgan fingerprint density at radius 3 is 0.917 bits per heavy atom. The molecule has 0 aromatic heterocycles. The zero-order chi connectivity index (χ0) is 78.1. The number of amides is 4. The van der Waals surface area contributed by atoms with Gasteiger partial charge in [-0.1, -0.05) is 108 Å². The third-order valence-electron chi connectivity index (χ3n) is 21.3. The van der Waals surface area contributed by atoms with Gasteiger partial charge in [-0.2, -0.15) is 0 Å². The van der Waals surface area contributed by atoms with Gasteiger partial charge in [-0.15, -0.1) is 0 Å². The number of carbonyl (C=O) groups is 4. The molecule has 16 heteroatoms. The van der Waals surface area contributed by atoms with Crippen molar-refractivity contribution in [3.63, 3.8) is 0 Å². The van der Waals surface area contributed by atoms with E-state index in [0.29, 0.717) is 27.3 Å². The zero-order valence-electron chi connectivity index (χ0n) is 66.9. The molecule has 4 heterocycles. The van der Waals surface area contributed by atoms with Crippen LogP contribution in [0.5, 0.6) is 11.5 Å². The van der Waals surface area contributed by atoms with E-state index >= 15 is 0 Å². The SMILES string of the molecule is COc1ccc(-c2cccc(C(=O)NC3CCN(C(C)(C)C)CC3)c2)cc1.COc1cccc(-c2cccc(C(=O)NC3CCN(C(C)(C)C)CC3)c2)c1.Cc1cc(-c2cccc(C(=O)NC3CCN(C(C)(C)C)CC3)c2)ccc1Cl.Cc1cc(Cl)cc(-c2cccc(C(=O)NC3CCN(C(C)(C)C)CC3)c2)c1. The van der Waals surface area contributed by atoms with Crippen molar-refractivity contribution < 1.29 is 28.7 Å². The van der Waals surface area contributed by atoms with E-state index in [1.807, 2.05) is 184 Å². The van der Waals surface area contributed by atoms with Gasteiger partial charge in [-0.3, -0.25) is 38.8 Å². The van der Waals surface area contributed by atoms with Gasteiger partial charge < -0.3 is 30.7 Å². The normalized spacial score (nSPS) is 16.2. The number of rotatable bonds is 14. The predicted octanol–water partition coefficient (Wildman–Crippen LogP) is 19.3. The molecule has 8 aromatic rings. The van der Waals surface area contributed by atoms with Crippen molar-refractivity contribution in [3.8, 4) is 56.0 Å². The third-order valence-corrected chi connectivity index (χ3v) is 21.9. The number of hydrogen-bond acceptors (Lipinski definition) is 10. The van der Waals surface area contributed by atoms with Crippen molar-refractivity contribution in [2.45, 2.75) is 195 Å². The molecule has 4 aliphatic rings. The number of methoxy groups -OCH3 is 2. The van der Waals surface area contributed by atoms with Gasteiger partial charge in [0.25, 0.3) is 23.6 Å². The number of halogens is 2. The highest BCUT2D eigenvalue weighted by Gasteiger charge is 2.32.